The van der Waals surface area contributed by atoms with Gasteiger partial charge >= 0.3 is 0 Å². The summed E-state index contributed by atoms with van der Waals surface area (Å²) < 4.78 is 14.5. The van der Waals surface area contributed by atoms with E-state index in [-0.39, 0.29) is 17.8 Å². The highest BCUT2D eigenvalue weighted by Crippen LogP contribution is 2.26. The average molecular weight is 354 g/mol. The van der Waals surface area contributed by atoms with Crippen molar-refractivity contribution in [1.82, 2.24) is 5.32 Å². The molecule has 4 rings (SSSR count). The number of halogens is 1. The molecule has 0 saturated carbocycles. The predicted molar refractivity (Wildman–Crippen MR) is 101 cm³/mol. The van der Waals surface area contributed by atoms with Crippen LogP contribution in [0.25, 0.3) is 10.1 Å². The maximum Gasteiger partial charge on any atom is 0.261 e. The lowest BCUT2D eigenvalue weighted by Crippen LogP contribution is -2.44. The number of anilines is 1. The van der Waals surface area contributed by atoms with E-state index in [4.69, 9.17) is 0 Å². The molecule has 1 aliphatic rings. The maximum absolute atomic E-state index is 13.4. The van der Waals surface area contributed by atoms with Crippen molar-refractivity contribution in [2.24, 2.45) is 0 Å². The van der Waals surface area contributed by atoms with Crippen LogP contribution in [0.3, 0.4) is 0 Å². The fraction of sp³-hybridized carbons (Fsp3) is 0.250. The van der Waals surface area contributed by atoms with Gasteiger partial charge < -0.3 is 10.2 Å². The minimum atomic E-state index is -0.210. The first-order chi connectivity index (χ1) is 12.2. The normalized spacial score (nSPS) is 15.5. The molecule has 0 atom stereocenters. The van der Waals surface area contributed by atoms with Crippen LogP contribution in [0.4, 0.5) is 10.1 Å². The molecule has 0 spiro atoms. The zero-order valence-corrected chi connectivity index (χ0v) is 14.6. The van der Waals surface area contributed by atoms with Gasteiger partial charge in [-0.2, -0.15) is 0 Å². The van der Waals surface area contributed by atoms with E-state index in [2.05, 4.69) is 10.2 Å². The van der Waals surface area contributed by atoms with Crippen LogP contribution in [0.5, 0.6) is 0 Å². The third kappa shape index (κ3) is 3.51. The Kier molecular flexibility index (Phi) is 4.40. The van der Waals surface area contributed by atoms with E-state index in [1.807, 2.05) is 36.4 Å². The molecule has 1 aliphatic heterocycles. The number of carbonyl (C=O) groups excluding carboxylic acids is 1. The second-order valence-corrected chi connectivity index (χ2v) is 7.45. The van der Waals surface area contributed by atoms with Crippen LogP contribution in [0.2, 0.25) is 0 Å². The quantitative estimate of drug-likeness (QED) is 0.754. The molecule has 5 heteroatoms. The van der Waals surface area contributed by atoms with Gasteiger partial charge in [-0.25, -0.2) is 4.39 Å². The average Bonchev–Trinajstić information content (AvgIpc) is 3.07. The van der Waals surface area contributed by atoms with Gasteiger partial charge in [0.25, 0.3) is 5.91 Å². The Labute approximate surface area is 150 Å². The number of amides is 1. The zero-order chi connectivity index (χ0) is 17.2. The second kappa shape index (κ2) is 6.84. The molecule has 0 aliphatic carbocycles. The molecule has 128 valence electrons. The molecule has 3 nitrogen and oxygen atoms in total. The standard InChI is InChI=1S/C20H19FN2OS/c21-15-5-3-6-17(13-15)23-10-8-16(9-11-23)22-20(24)19-12-14-4-1-2-7-18(14)25-19/h1-7,12-13,16H,8-11H2,(H,22,24). The Morgan fingerprint density at radius 1 is 1.08 bits per heavy atom. The number of benzene rings is 2. The van der Waals surface area contributed by atoms with E-state index < -0.39 is 0 Å². The van der Waals surface area contributed by atoms with Crippen LogP contribution >= 0.6 is 11.3 Å². The fourth-order valence-corrected chi connectivity index (χ4v) is 4.27. The molecule has 2 heterocycles. The summed E-state index contributed by atoms with van der Waals surface area (Å²) in [4.78, 5) is 15.4. The van der Waals surface area contributed by atoms with Crippen molar-refractivity contribution in [2.45, 2.75) is 18.9 Å². The molecule has 0 radical (unpaired) electrons. The Balaban J connectivity index is 1.37. The van der Waals surface area contributed by atoms with Gasteiger partial charge in [0.15, 0.2) is 0 Å². The largest absolute Gasteiger partial charge is 0.371 e. The number of carbonyl (C=O) groups is 1. The van der Waals surface area contributed by atoms with Crippen LogP contribution in [0, 0.1) is 5.82 Å². The number of fused-ring (bicyclic) bond motifs is 1. The molecule has 3 aromatic rings. The highest BCUT2D eigenvalue weighted by Gasteiger charge is 2.22. The van der Waals surface area contributed by atoms with Gasteiger partial charge in [-0.1, -0.05) is 24.3 Å². The molecule has 1 aromatic heterocycles. The summed E-state index contributed by atoms with van der Waals surface area (Å²) in [5, 5.41) is 4.26. The van der Waals surface area contributed by atoms with E-state index in [0.717, 1.165) is 46.6 Å². The number of hydrogen-bond donors (Lipinski definition) is 1. The summed E-state index contributed by atoms with van der Waals surface area (Å²) in [6.07, 6.45) is 1.74. The summed E-state index contributed by atoms with van der Waals surface area (Å²) in [5.74, 6) is -0.205. The van der Waals surface area contributed by atoms with Crippen molar-refractivity contribution in [3.05, 3.63) is 65.3 Å². The van der Waals surface area contributed by atoms with E-state index in [0.29, 0.717) is 0 Å². The van der Waals surface area contributed by atoms with Crippen molar-refractivity contribution in [3.8, 4) is 0 Å². The number of hydrogen-bond acceptors (Lipinski definition) is 3. The Bertz CT molecular complexity index is 866. The van der Waals surface area contributed by atoms with Crippen LogP contribution in [-0.2, 0) is 0 Å². The van der Waals surface area contributed by atoms with Crippen molar-refractivity contribution < 1.29 is 9.18 Å². The van der Waals surface area contributed by atoms with Gasteiger partial charge in [0, 0.05) is 29.5 Å². The van der Waals surface area contributed by atoms with E-state index >= 15 is 0 Å². The monoisotopic (exact) mass is 354 g/mol. The molecule has 1 fully saturated rings. The van der Waals surface area contributed by atoms with Gasteiger partial charge in [-0.3, -0.25) is 4.79 Å². The third-order valence-corrected chi connectivity index (χ3v) is 5.77. The first-order valence-electron chi connectivity index (χ1n) is 8.49. The molecule has 25 heavy (non-hydrogen) atoms. The predicted octanol–water partition coefficient (Wildman–Crippen LogP) is 4.44. The molecule has 0 unspecified atom stereocenters. The number of nitrogens with one attached hydrogen (secondary N) is 1. The summed E-state index contributed by atoms with van der Waals surface area (Å²) in [5.41, 5.74) is 0.911. The second-order valence-electron chi connectivity index (χ2n) is 6.36. The first kappa shape index (κ1) is 16.1. The fourth-order valence-electron chi connectivity index (χ4n) is 3.31. The minimum Gasteiger partial charge on any atom is -0.371 e. The zero-order valence-electron chi connectivity index (χ0n) is 13.7. The van der Waals surface area contributed by atoms with Gasteiger partial charge in [0.1, 0.15) is 5.82 Å². The van der Waals surface area contributed by atoms with Crippen molar-refractivity contribution >= 4 is 33.0 Å². The maximum atomic E-state index is 13.4. The lowest BCUT2D eigenvalue weighted by Gasteiger charge is -2.33. The minimum absolute atomic E-state index is 0.00501. The van der Waals surface area contributed by atoms with Crippen LogP contribution in [0.15, 0.2) is 54.6 Å². The van der Waals surface area contributed by atoms with E-state index in [1.54, 1.807) is 12.1 Å². The highest BCUT2D eigenvalue weighted by molar-refractivity contribution is 7.20. The van der Waals surface area contributed by atoms with Gasteiger partial charge in [0.05, 0.1) is 4.88 Å². The summed E-state index contributed by atoms with van der Waals surface area (Å²) >= 11 is 1.53. The van der Waals surface area contributed by atoms with Crippen LogP contribution in [0.1, 0.15) is 22.5 Å². The lowest BCUT2D eigenvalue weighted by atomic mass is 10.0. The van der Waals surface area contributed by atoms with Gasteiger partial charge in [0.2, 0.25) is 0 Å². The number of nitrogens with zero attached hydrogens (tertiary/aromatic N) is 1. The third-order valence-electron chi connectivity index (χ3n) is 4.65. The number of rotatable bonds is 3. The molecular weight excluding hydrogens is 335 g/mol. The SMILES string of the molecule is O=C(NC1CCN(c2cccc(F)c2)CC1)c1cc2ccccc2s1. The Hall–Kier alpha value is -2.40. The van der Waals surface area contributed by atoms with Crippen LogP contribution < -0.4 is 10.2 Å². The van der Waals surface area contributed by atoms with Crippen molar-refractivity contribution in [3.63, 3.8) is 0 Å². The molecule has 1 N–H and O–H groups in total. The highest BCUT2D eigenvalue weighted by atomic mass is 32.1. The molecule has 1 amide bonds. The molecule has 2 aromatic carbocycles. The Morgan fingerprint density at radius 2 is 1.88 bits per heavy atom. The van der Waals surface area contributed by atoms with Crippen LogP contribution in [-0.4, -0.2) is 25.0 Å². The van der Waals surface area contributed by atoms with E-state index in [1.165, 1.54) is 17.4 Å². The smallest absolute Gasteiger partial charge is 0.261 e. The van der Waals surface area contributed by atoms with Gasteiger partial charge in [-0.15, -0.1) is 11.3 Å². The summed E-state index contributed by atoms with van der Waals surface area (Å²) in [7, 11) is 0. The van der Waals surface area contributed by atoms with Crippen molar-refractivity contribution in [2.75, 3.05) is 18.0 Å². The summed E-state index contributed by atoms with van der Waals surface area (Å²) in [6, 6.07) is 16.9. The topological polar surface area (TPSA) is 32.3 Å². The van der Waals surface area contributed by atoms with Gasteiger partial charge in [-0.05, 0) is 48.6 Å². The first-order valence-corrected chi connectivity index (χ1v) is 9.31. The number of thiophene rings is 1. The molecule has 1 saturated heterocycles. The van der Waals surface area contributed by atoms with E-state index in [9.17, 15) is 9.18 Å². The molecule has 0 bridgehead atoms. The van der Waals surface area contributed by atoms with Crippen molar-refractivity contribution in [1.29, 1.82) is 0 Å². The lowest BCUT2D eigenvalue weighted by molar-refractivity contribution is 0.0935. The summed E-state index contributed by atoms with van der Waals surface area (Å²) in [6.45, 7) is 1.64. The Morgan fingerprint density at radius 3 is 2.64 bits per heavy atom. The molecular formula is C20H19FN2OS. The number of piperidine rings is 1.